The number of ether oxygens (including phenoxy) is 1. The van der Waals surface area contributed by atoms with Gasteiger partial charge in [0.05, 0.1) is 12.6 Å². The average molecular weight is 274 g/mol. The number of hydrogen-bond acceptors (Lipinski definition) is 4. The van der Waals surface area contributed by atoms with Crippen molar-refractivity contribution in [3.63, 3.8) is 0 Å². The second-order valence-corrected chi connectivity index (χ2v) is 5.96. The Morgan fingerprint density at radius 3 is 3.05 bits per heavy atom. The number of hydrogen-bond donors (Lipinski definition) is 1. The molecule has 1 aliphatic rings. The average Bonchev–Trinajstić information content (AvgIpc) is 2.90. The first kappa shape index (κ1) is 12.6. The molecule has 0 amide bonds. The maximum Gasteiger partial charge on any atom is 0.119 e. The molecule has 0 bridgehead atoms. The molecule has 0 unspecified atom stereocenters. The predicted octanol–water partition coefficient (Wildman–Crippen LogP) is 3.19. The molecule has 19 heavy (non-hydrogen) atoms. The SMILES string of the molecule is COc1cccc(C2CC(NCc3cncs3)C2)c1. The molecule has 0 aliphatic heterocycles. The van der Waals surface area contributed by atoms with Crippen LogP contribution in [-0.4, -0.2) is 18.1 Å². The van der Waals surface area contributed by atoms with E-state index in [-0.39, 0.29) is 0 Å². The molecular formula is C15H18N2OS. The molecule has 1 saturated carbocycles. The van der Waals surface area contributed by atoms with Gasteiger partial charge in [-0.3, -0.25) is 4.98 Å². The monoisotopic (exact) mass is 274 g/mol. The van der Waals surface area contributed by atoms with Gasteiger partial charge in [0.25, 0.3) is 0 Å². The second-order valence-electron chi connectivity index (χ2n) is 4.99. The van der Waals surface area contributed by atoms with Gasteiger partial charge < -0.3 is 10.1 Å². The van der Waals surface area contributed by atoms with Gasteiger partial charge in [0.2, 0.25) is 0 Å². The first-order chi connectivity index (χ1) is 9.35. The van der Waals surface area contributed by atoms with E-state index in [0.717, 1.165) is 12.3 Å². The molecule has 0 radical (unpaired) electrons. The Kier molecular flexibility index (Phi) is 3.80. The van der Waals surface area contributed by atoms with E-state index in [2.05, 4.69) is 28.5 Å². The second kappa shape index (κ2) is 5.72. The first-order valence-corrected chi connectivity index (χ1v) is 7.48. The minimum Gasteiger partial charge on any atom is -0.497 e. The van der Waals surface area contributed by atoms with Crippen molar-refractivity contribution in [3.8, 4) is 5.75 Å². The summed E-state index contributed by atoms with van der Waals surface area (Å²) in [4.78, 5) is 5.40. The smallest absolute Gasteiger partial charge is 0.119 e. The van der Waals surface area contributed by atoms with Gasteiger partial charge >= 0.3 is 0 Å². The lowest BCUT2D eigenvalue weighted by molar-refractivity contribution is 0.289. The van der Waals surface area contributed by atoms with Gasteiger partial charge in [0.1, 0.15) is 5.75 Å². The maximum atomic E-state index is 5.28. The van der Waals surface area contributed by atoms with E-state index < -0.39 is 0 Å². The highest BCUT2D eigenvalue weighted by Crippen LogP contribution is 2.38. The Hall–Kier alpha value is -1.39. The fraction of sp³-hybridized carbons (Fsp3) is 0.400. The Morgan fingerprint density at radius 1 is 1.42 bits per heavy atom. The zero-order valence-electron chi connectivity index (χ0n) is 11.0. The van der Waals surface area contributed by atoms with Gasteiger partial charge in [-0.15, -0.1) is 11.3 Å². The number of thiazole rings is 1. The van der Waals surface area contributed by atoms with Crippen LogP contribution in [0, 0.1) is 0 Å². The lowest BCUT2D eigenvalue weighted by Crippen LogP contribution is -2.39. The third-order valence-corrected chi connectivity index (χ3v) is 4.53. The summed E-state index contributed by atoms with van der Waals surface area (Å²) in [6.07, 6.45) is 4.37. The molecule has 1 aromatic carbocycles. The summed E-state index contributed by atoms with van der Waals surface area (Å²) in [6.45, 7) is 0.945. The molecule has 3 nitrogen and oxygen atoms in total. The predicted molar refractivity (Wildman–Crippen MR) is 77.7 cm³/mol. The van der Waals surface area contributed by atoms with Crippen LogP contribution < -0.4 is 10.1 Å². The van der Waals surface area contributed by atoms with E-state index in [1.807, 2.05) is 17.8 Å². The molecule has 1 N–H and O–H groups in total. The zero-order chi connectivity index (χ0) is 13.1. The number of benzene rings is 1. The molecule has 4 heteroatoms. The lowest BCUT2D eigenvalue weighted by atomic mass is 9.76. The maximum absolute atomic E-state index is 5.28. The molecule has 0 spiro atoms. The van der Waals surface area contributed by atoms with Crippen LogP contribution in [0.15, 0.2) is 36.0 Å². The Bertz CT molecular complexity index is 521. The van der Waals surface area contributed by atoms with Crippen molar-refractivity contribution in [1.29, 1.82) is 0 Å². The summed E-state index contributed by atoms with van der Waals surface area (Å²) < 4.78 is 5.28. The van der Waals surface area contributed by atoms with Gasteiger partial charge in [-0.1, -0.05) is 12.1 Å². The molecule has 1 fully saturated rings. The van der Waals surface area contributed by atoms with Crippen molar-refractivity contribution in [1.82, 2.24) is 10.3 Å². The van der Waals surface area contributed by atoms with Crippen LogP contribution in [0.2, 0.25) is 0 Å². The Balaban J connectivity index is 1.49. The van der Waals surface area contributed by atoms with Crippen LogP contribution >= 0.6 is 11.3 Å². The molecule has 2 aromatic rings. The summed E-state index contributed by atoms with van der Waals surface area (Å²) >= 11 is 1.71. The van der Waals surface area contributed by atoms with Crippen LogP contribution in [0.25, 0.3) is 0 Å². The van der Waals surface area contributed by atoms with E-state index in [1.165, 1.54) is 23.3 Å². The van der Waals surface area contributed by atoms with Crippen LogP contribution in [0.4, 0.5) is 0 Å². The highest BCUT2D eigenvalue weighted by Gasteiger charge is 2.29. The van der Waals surface area contributed by atoms with Crippen molar-refractivity contribution in [2.45, 2.75) is 31.3 Å². The van der Waals surface area contributed by atoms with E-state index in [1.54, 1.807) is 18.4 Å². The number of methoxy groups -OCH3 is 1. The van der Waals surface area contributed by atoms with Crippen LogP contribution in [0.1, 0.15) is 29.2 Å². The van der Waals surface area contributed by atoms with E-state index in [9.17, 15) is 0 Å². The Labute approximate surface area is 117 Å². The standard InChI is InChI=1S/C15H18N2OS/c1-18-14-4-2-3-11(7-14)12-5-13(6-12)17-9-15-8-16-10-19-15/h2-4,7-8,10,12-13,17H,5-6,9H2,1H3. The summed E-state index contributed by atoms with van der Waals surface area (Å²) in [7, 11) is 1.72. The summed E-state index contributed by atoms with van der Waals surface area (Å²) in [5.41, 5.74) is 3.28. The molecule has 1 aliphatic carbocycles. The van der Waals surface area contributed by atoms with Gasteiger partial charge in [-0.25, -0.2) is 0 Å². The fourth-order valence-corrected chi connectivity index (χ4v) is 3.07. The summed E-state index contributed by atoms with van der Waals surface area (Å²) in [5.74, 6) is 1.63. The van der Waals surface area contributed by atoms with E-state index in [0.29, 0.717) is 12.0 Å². The molecular weight excluding hydrogens is 256 g/mol. The highest BCUT2D eigenvalue weighted by atomic mass is 32.1. The molecule has 1 aromatic heterocycles. The minimum atomic E-state index is 0.637. The van der Waals surface area contributed by atoms with Crippen molar-refractivity contribution in [3.05, 3.63) is 46.4 Å². The first-order valence-electron chi connectivity index (χ1n) is 6.60. The van der Waals surface area contributed by atoms with E-state index >= 15 is 0 Å². The van der Waals surface area contributed by atoms with E-state index in [4.69, 9.17) is 4.74 Å². The van der Waals surface area contributed by atoms with Crippen molar-refractivity contribution >= 4 is 11.3 Å². The number of rotatable bonds is 5. The quantitative estimate of drug-likeness (QED) is 0.909. The van der Waals surface area contributed by atoms with Crippen LogP contribution in [0.5, 0.6) is 5.75 Å². The van der Waals surface area contributed by atoms with Crippen molar-refractivity contribution in [2.75, 3.05) is 7.11 Å². The Morgan fingerprint density at radius 2 is 2.32 bits per heavy atom. The van der Waals surface area contributed by atoms with Gasteiger partial charge in [-0.2, -0.15) is 0 Å². The molecule has 3 rings (SSSR count). The zero-order valence-corrected chi connectivity index (χ0v) is 11.8. The van der Waals surface area contributed by atoms with Crippen molar-refractivity contribution in [2.24, 2.45) is 0 Å². The number of aromatic nitrogens is 1. The molecule has 0 atom stereocenters. The normalized spacial score (nSPS) is 21.9. The largest absolute Gasteiger partial charge is 0.497 e. The molecule has 100 valence electrons. The minimum absolute atomic E-state index is 0.637. The fourth-order valence-electron chi connectivity index (χ4n) is 2.53. The van der Waals surface area contributed by atoms with Crippen LogP contribution in [0.3, 0.4) is 0 Å². The highest BCUT2D eigenvalue weighted by molar-refractivity contribution is 7.09. The summed E-state index contributed by atoms with van der Waals surface area (Å²) in [5, 5.41) is 3.59. The third kappa shape index (κ3) is 2.96. The lowest BCUT2D eigenvalue weighted by Gasteiger charge is -2.36. The summed E-state index contributed by atoms with van der Waals surface area (Å²) in [6, 6.07) is 9.07. The topological polar surface area (TPSA) is 34.1 Å². The van der Waals surface area contributed by atoms with Gasteiger partial charge in [0, 0.05) is 23.7 Å². The molecule has 1 heterocycles. The third-order valence-electron chi connectivity index (χ3n) is 3.75. The van der Waals surface area contributed by atoms with Crippen molar-refractivity contribution < 1.29 is 4.74 Å². The van der Waals surface area contributed by atoms with Crippen LogP contribution in [-0.2, 0) is 6.54 Å². The van der Waals surface area contributed by atoms with Gasteiger partial charge in [-0.05, 0) is 36.5 Å². The molecule has 0 saturated heterocycles. The number of nitrogens with zero attached hydrogens (tertiary/aromatic N) is 1. The van der Waals surface area contributed by atoms with Gasteiger partial charge in [0.15, 0.2) is 0 Å². The number of nitrogens with one attached hydrogen (secondary N) is 1.